The Morgan fingerprint density at radius 3 is 2.22 bits per heavy atom. The van der Waals surface area contributed by atoms with Gasteiger partial charge in [-0.2, -0.15) is 5.10 Å². The van der Waals surface area contributed by atoms with E-state index in [-0.39, 0.29) is 16.8 Å². The molecule has 2 fully saturated rings. The van der Waals surface area contributed by atoms with Crippen LogP contribution in [0, 0.1) is 0 Å². The van der Waals surface area contributed by atoms with Crippen LogP contribution in [-0.2, 0) is 17.3 Å². The number of anilines is 1. The number of aryl methyl sites for hydroxylation is 1. The highest BCUT2D eigenvalue weighted by molar-refractivity contribution is 6.02. The molecule has 202 valence electrons. The van der Waals surface area contributed by atoms with E-state index < -0.39 is 24.2 Å². The van der Waals surface area contributed by atoms with Crippen LogP contribution < -0.4 is 15.4 Å². The molecule has 1 saturated heterocycles. The first-order valence-electron chi connectivity index (χ1n) is 11.3. The van der Waals surface area contributed by atoms with Crippen molar-refractivity contribution in [1.82, 2.24) is 24.9 Å². The Labute approximate surface area is 206 Å². The van der Waals surface area contributed by atoms with Crippen LogP contribution in [0.25, 0.3) is 0 Å². The van der Waals surface area contributed by atoms with Crippen molar-refractivity contribution in [3.8, 4) is 5.88 Å². The first kappa shape index (κ1) is 28.9. The number of rotatable bonds is 4. The SMILES string of the molecule is C1CCOC1.CC1(NC(=O)O)CC1.Cn1nc(OC(F)(F)F)cc1C(=O)Nc1ccnn1C(C)(C)C. The van der Waals surface area contributed by atoms with Crippen LogP contribution in [0.3, 0.4) is 0 Å². The van der Waals surface area contributed by atoms with Gasteiger partial charge in [0.25, 0.3) is 5.91 Å². The second-order valence-corrected chi connectivity index (χ2v) is 9.60. The molecule has 3 N–H and O–H groups in total. The molecule has 1 aliphatic heterocycles. The molecule has 0 radical (unpaired) electrons. The number of amides is 2. The number of alkyl halides is 3. The summed E-state index contributed by atoms with van der Waals surface area (Å²) in [5.74, 6) is -0.903. The van der Waals surface area contributed by atoms with Crippen LogP contribution in [0.15, 0.2) is 18.3 Å². The number of nitrogens with one attached hydrogen (secondary N) is 2. The maximum absolute atomic E-state index is 12.2. The number of ether oxygens (including phenoxy) is 2. The van der Waals surface area contributed by atoms with E-state index >= 15 is 0 Å². The van der Waals surface area contributed by atoms with Crippen molar-refractivity contribution in [2.75, 3.05) is 18.5 Å². The fourth-order valence-corrected chi connectivity index (χ4v) is 3.02. The van der Waals surface area contributed by atoms with Crippen molar-refractivity contribution < 1.29 is 37.3 Å². The number of halogens is 3. The molecule has 2 aromatic heterocycles. The summed E-state index contributed by atoms with van der Waals surface area (Å²) in [6, 6.07) is 2.51. The summed E-state index contributed by atoms with van der Waals surface area (Å²) in [4.78, 5) is 22.2. The van der Waals surface area contributed by atoms with Gasteiger partial charge in [0, 0.05) is 37.9 Å². The van der Waals surface area contributed by atoms with Gasteiger partial charge in [0.2, 0.25) is 5.88 Å². The smallest absolute Gasteiger partial charge is 0.465 e. The predicted octanol–water partition coefficient (Wildman–Crippen LogP) is 4.13. The number of hydrogen-bond donors (Lipinski definition) is 3. The van der Waals surface area contributed by atoms with Gasteiger partial charge in [-0.15, -0.1) is 18.3 Å². The summed E-state index contributed by atoms with van der Waals surface area (Å²) in [6.45, 7) is 9.60. The van der Waals surface area contributed by atoms with Crippen LogP contribution in [0.4, 0.5) is 23.8 Å². The zero-order valence-electron chi connectivity index (χ0n) is 21.0. The fraction of sp³-hybridized carbons (Fsp3) is 0.636. The molecule has 0 bridgehead atoms. The molecule has 11 nitrogen and oxygen atoms in total. The molecular formula is C22H33F3N6O5. The third-order valence-electron chi connectivity index (χ3n) is 5.07. The number of carbonyl (C=O) groups excluding carboxylic acids is 1. The van der Waals surface area contributed by atoms with E-state index in [1.54, 1.807) is 10.7 Å². The van der Waals surface area contributed by atoms with Gasteiger partial charge in [-0.3, -0.25) is 9.48 Å². The van der Waals surface area contributed by atoms with Gasteiger partial charge >= 0.3 is 12.5 Å². The zero-order valence-corrected chi connectivity index (χ0v) is 21.0. The molecule has 2 amide bonds. The molecule has 2 aromatic rings. The number of nitrogens with zero attached hydrogens (tertiary/aromatic N) is 4. The first-order chi connectivity index (χ1) is 16.6. The molecule has 1 aliphatic carbocycles. The predicted molar refractivity (Wildman–Crippen MR) is 124 cm³/mol. The summed E-state index contributed by atoms with van der Waals surface area (Å²) >= 11 is 0. The highest BCUT2D eigenvalue weighted by atomic mass is 19.4. The molecule has 0 atom stereocenters. The molecule has 0 spiro atoms. The summed E-state index contributed by atoms with van der Waals surface area (Å²) < 4.78 is 47.8. The van der Waals surface area contributed by atoms with E-state index in [1.165, 1.54) is 26.1 Å². The lowest BCUT2D eigenvalue weighted by molar-refractivity contribution is -0.276. The van der Waals surface area contributed by atoms with E-state index in [0.717, 1.165) is 36.8 Å². The lowest BCUT2D eigenvalue weighted by Gasteiger charge is -2.22. The molecule has 2 aliphatic rings. The van der Waals surface area contributed by atoms with E-state index in [9.17, 15) is 22.8 Å². The second kappa shape index (κ2) is 11.6. The standard InChI is InChI=1S/C13H16F3N5O2.C5H9NO2.C4H8O/c1-12(2,3)21-9(5-6-17-21)18-11(22)8-7-10(19-20(8)4)23-13(14,15)16;1-5(2-3-5)6-4(7)8;1-2-4-5-3-1/h5-7H,1-4H3,(H,18,22);6H,2-3H2,1H3,(H,7,8);1-4H2. The quantitative estimate of drug-likeness (QED) is 0.554. The Hall–Kier alpha value is -3.29. The van der Waals surface area contributed by atoms with Crippen LogP contribution in [0.2, 0.25) is 0 Å². The van der Waals surface area contributed by atoms with Gasteiger partial charge < -0.3 is 25.2 Å². The van der Waals surface area contributed by atoms with E-state index in [0.29, 0.717) is 5.82 Å². The summed E-state index contributed by atoms with van der Waals surface area (Å²) in [5, 5.41) is 20.8. The molecule has 1 saturated carbocycles. The van der Waals surface area contributed by atoms with Crippen molar-refractivity contribution in [3.05, 3.63) is 24.0 Å². The number of aromatic nitrogens is 4. The van der Waals surface area contributed by atoms with E-state index in [1.807, 2.05) is 27.7 Å². The molecule has 36 heavy (non-hydrogen) atoms. The Bertz CT molecular complexity index is 1010. The maximum Gasteiger partial charge on any atom is 0.574 e. The van der Waals surface area contributed by atoms with Crippen molar-refractivity contribution in [3.63, 3.8) is 0 Å². The highest BCUT2D eigenvalue weighted by Crippen LogP contribution is 2.33. The monoisotopic (exact) mass is 518 g/mol. The normalized spacial score (nSPS) is 16.1. The van der Waals surface area contributed by atoms with Crippen LogP contribution in [0.5, 0.6) is 5.88 Å². The largest absolute Gasteiger partial charge is 0.574 e. The summed E-state index contributed by atoms with van der Waals surface area (Å²) in [5.41, 5.74) is -0.527. The highest BCUT2D eigenvalue weighted by Gasteiger charge is 2.38. The van der Waals surface area contributed by atoms with Crippen molar-refractivity contribution in [1.29, 1.82) is 0 Å². The average molecular weight is 519 g/mol. The molecule has 4 rings (SSSR count). The first-order valence-corrected chi connectivity index (χ1v) is 11.3. The summed E-state index contributed by atoms with van der Waals surface area (Å²) in [7, 11) is 1.35. The van der Waals surface area contributed by atoms with Gasteiger partial charge in [-0.25, -0.2) is 9.48 Å². The lowest BCUT2D eigenvalue weighted by Crippen LogP contribution is -2.32. The van der Waals surface area contributed by atoms with Crippen molar-refractivity contribution >= 4 is 17.8 Å². The minimum Gasteiger partial charge on any atom is -0.465 e. The molecular weight excluding hydrogens is 485 g/mol. The van der Waals surface area contributed by atoms with Gasteiger partial charge in [-0.05, 0) is 53.4 Å². The molecule has 14 heteroatoms. The molecule has 0 aromatic carbocycles. The van der Waals surface area contributed by atoms with E-state index in [2.05, 4.69) is 25.6 Å². The fourth-order valence-electron chi connectivity index (χ4n) is 3.02. The third kappa shape index (κ3) is 9.76. The minimum atomic E-state index is -4.87. The van der Waals surface area contributed by atoms with Crippen LogP contribution in [-0.4, -0.2) is 61.8 Å². The number of hydrogen-bond acceptors (Lipinski definition) is 6. The maximum atomic E-state index is 12.2. The molecule has 0 unspecified atom stereocenters. The number of carboxylic acid groups (broad SMARTS) is 1. The Morgan fingerprint density at radius 2 is 1.81 bits per heavy atom. The average Bonchev–Trinajstić information content (AvgIpc) is 3.22. The van der Waals surface area contributed by atoms with Gasteiger partial charge in [0.1, 0.15) is 11.5 Å². The topological polar surface area (TPSA) is 133 Å². The minimum absolute atomic E-state index is 0.0775. The summed E-state index contributed by atoms with van der Waals surface area (Å²) in [6.07, 6.45) is 0.262. The third-order valence-corrected chi connectivity index (χ3v) is 5.07. The Balaban J connectivity index is 0.000000283. The van der Waals surface area contributed by atoms with Crippen LogP contribution >= 0.6 is 0 Å². The van der Waals surface area contributed by atoms with Crippen LogP contribution in [0.1, 0.15) is 63.9 Å². The van der Waals surface area contributed by atoms with Crippen molar-refractivity contribution in [2.24, 2.45) is 7.05 Å². The second-order valence-electron chi connectivity index (χ2n) is 9.60. The van der Waals surface area contributed by atoms with E-state index in [4.69, 9.17) is 9.84 Å². The lowest BCUT2D eigenvalue weighted by atomic mass is 10.1. The van der Waals surface area contributed by atoms with Gasteiger partial charge in [0.15, 0.2) is 0 Å². The van der Waals surface area contributed by atoms with Gasteiger partial charge in [-0.1, -0.05) is 0 Å². The molecule has 3 heterocycles. The zero-order chi connectivity index (χ0) is 27.1. The Kier molecular flexibility index (Phi) is 9.35. The number of carbonyl (C=O) groups is 2. The Morgan fingerprint density at radius 1 is 1.19 bits per heavy atom. The van der Waals surface area contributed by atoms with Crippen molar-refractivity contribution in [2.45, 2.75) is 70.8 Å². The van der Waals surface area contributed by atoms with Gasteiger partial charge in [0.05, 0.1) is 11.7 Å².